The lowest BCUT2D eigenvalue weighted by Gasteiger charge is -2.31. The number of nitrogens with zero attached hydrogens (tertiary/aromatic N) is 3. The molecule has 1 aliphatic heterocycles. The Bertz CT molecular complexity index is 1130. The third-order valence-corrected chi connectivity index (χ3v) is 6.40. The lowest BCUT2D eigenvalue weighted by atomic mass is 9.97. The van der Waals surface area contributed by atoms with Gasteiger partial charge < -0.3 is 20.7 Å². The van der Waals surface area contributed by atoms with Gasteiger partial charge in [-0.3, -0.25) is 14.3 Å². The van der Waals surface area contributed by atoms with Gasteiger partial charge in [-0.2, -0.15) is 5.10 Å². The number of carbonyl (C=O) groups excluding carboxylic acids is 2. The molecule has 2 aromatic carbocycles. The fourth-order valence-electron chi connectivity index (χ4n) is 4.49. The molecule has 1 aliphatic rings. The highest BCUT2D eigenvalue weighted by Gasteiger charge is 2.23. The van der Waals surface area contributed by atoms with E-state index >= 15 is 0 Å². The molecular weight excluding hydrogens is 442 g/mol. The summed E-state index contributed by atoms with van der Waals surface area (Å²) in [7, 11) is 1.63. The predicted molar refractivity (Wildman–Crippen MR) is 135 cm³/mol. The summed E-state index contributed by atoms with van der Waals surface area (Å²) in [4.78, 5) is 26.9. The molecule has 1 aromatic heterocycles. The average molecular weight is 476 g/mol. The van der Waals surface area contributed by atoms with Crippen LogP contribution in [-0.2, 0) is 11.3 Å². The Kier molecular flexibility index (Phi) is 8.15. The van der Waals surface area contributed by atoms with E-state index in [4.69, 9.17) is 15.6 Å². The van der Waals surface area contributed by atoms with E-state index in [-0.39, 0.29) is 17.7 Å². The molecule has 1 fully saturated rings. The second kappa shape index (κ2) is 11.7. The van der Waals surface area contributed by atoms with Gasteiger partial charge in [0.2, 0.25) is 5.91 Å². The molecule has 8 nitrogen and oxygen atoms in total. The Morgan fingerprint density at radius 2 is 1.91 bits per heavy atom. The van der Waals surface area contributed by atoms with Crippen LogP contribution in [0.25, 0.3) is 11.3 Å². The lowest BCUT2D eigenvalue weighted by Crippen LogP contribution is -2.42. The Morgan fingerprint density at radius 3 is 2.63 bits per heavy atom. The minimum Gasteiger partial charge on any atom is -0.497 e. The Hall–Kier alpha value is -3.65. The van der Waals surface area contributed by atoms with Crippen LogP contribution in [-0.4, -0.2) is 59.8 Å². The number of amides is 2. The minimum absolute atomic E-state index is 0.0687. The molecule has 0 aliphatic carbocycles. The molecule has 3 N–H and O–H groups in total. The number of benzene rings is 2. The molecule has 1 unspecified atom stereocenters. The summed E-state index contributed by atoms with van der Waals surface area (Å²) >= 11 is 0. The third-order valence-electron chi connectivity index (χ3n) is 6.40. The first-order valence-corrected chi connectivity index (χ1v) is 12.1. The van der Waals surface area contributed by atoms with Gasteiger partial charge in [0.05, 0.1) is 25.1 Å². The largest absolute Gasteiger partial charge is 0.497 e. The molecule has 8 heteroatoms. The van der Waals surface area contributed by atoms with Crippen molar-refractivity contribution in [1.82, 2.24) is 20.0 Å². The molecule has 1 saturated heterocycles. The van der Waals surface area contributed by atoms with E-state index in [9.17, 15) is 9.59 Å². The van der Waals surface area contributed by atoms with Crippen molar-refractivity contribution < 1.29 is 14.3 Å². The molecule has 2 heterocycles. The number of methoxy groups -OCH3 is 1. The van der Waals surface area contributed by atoms with E-state index in [1.807, 2.05) is 65.5 Å². The van der Waals surface area contributed by atoms with Crippen LogP contribution in [0.2, 0.25) is 0 Å². The Balaban J connectivity index is 1.42. The first-order chi connectivity index (χ1) is 17.0. The summed E-state index contributed by atoms with van der Waals surface area (Å²) in [6.45, 7) is 3.61. The monoisotopic (exact) mass is 475 g/mol. The fraction of sp³-hybridized carbons (Fsp3) is 0.370. The van der Waals surface area contributed by atoms with E-state index in [2.05, 4.69) is 10.2 Å². The molecule has 3 aromatic rings. The quantitative estimate of drug-likeness (QED) is 0.439. The van der Waals surface area contributed by atoms with Crippen LogP contribution in [0, 0.1) is 5.92 Å². The third kappa shape index (κ3) is 6.48. The van der Waals surface area contributed by atoms with Gasteiger partial charge in [-0.15, -0.1) is 0 Å². The number of nitrogens with one attached hydrogen (secondary N) is 1. The van der Waals surface area contributed by atoms with Crippen molar-refractivity contribution >= 4 is 11.8 Å². The van der Waals surface area contributed by atoms with Crippen LogP contribution in [0.5, 0.6) is 5.75 Å². The maximum Gasteiger partial charge on any atom is 0.255 e. The predicted octanol–water partition coefficient (Wildman–Crippen LogP) is 2.92. The zero-order valence-electron chi connectivity index (χ0n) is 20.2. The SMILES string of the molecule is COc1ccc(-c2nn(Cc3ccccc3)cc2C(=O)NCCCN2CCCC(C(N)=O)C2)cc1. The molecule has 184 valence electrons. The van der Waals surface area contributed by atoms with Crippen LogP contribution in [0.4, 0.5) is 0 Å². The van der Waals surface area contributed by atoms with Gasteiger partial charge in [-0.1, -0.05) is 30.3 Å². The molecule has 4 rings (SSSR count). The minimum atomic E-state index is -0.221. The van der Waals surface area contributed by atoms with Crippen LogP contribution in [0.1, 0.15) is 35.2 Å². The van der Waals surface area contributed by atoms with Gasteiger partial charge in [0.25, 0.3) is 5.91 Å². The van der Waals surface area contributed by atoms with Crippen molar-refractivity contribution in [2.45, 2.75) is 25.8 Å². The molecule has 35 heavy (non-hydrogen) atoms. The van der Waals surface area contributed by atoms with E-state index in [1.165, 1.54) is 0 Å². The summed E-state index contributed by atoms with van der Waals surface area (Å²) in [6, 6.07) is 17.6. The molecule has 0 spiro atoms. The summed E-state index contributed by atoms with van der Waals surface area (Å²) in [5.74, 6) is 0.311. The van der Waals surface area contributed by atoms with Gasteiger partial charge in [0.1, 0.15) is 11.4 Å². The first kappa shape index (κ1) is 24.5. The fourth-order valence-corrected chi connectivity index (χ4v) is 4.49. The number of hydrogen-bond donors (Lipinski definition) is 2. The molecule has 2 amide bonds. The Morgan fingerprint density at radius 1 is 1.14 bits per heavy atom. The van der Waals surface area contributed by atoms with Crippen molar-refractivity contribution in [2.24, 2.45) is 11.7 Å². The normalized spacial score (nSPS) is 16.1. The number of rotatable bonds is 10. The van der Waals surface area contributed by atoms with E-state index < -0.39 is 0 Å². The van der Waals surface area contributed by atoms with Gasteiger partial charge in [-0.25, -0.2) is 0 Å². The maximum absolute atomic E-state index is 13.2. The number of primary amides is 1. The summed E-state index contributed by atoms with van der Waals surface area (Å²) in [6.07, 6.45) is 4.45. The molecule has 0 saturated carbocycles. The maximum atomic E-state index is 13.2. The second-order valence-electron chi connectivity index (χ2n) is 8.95. The number of piperidine rings is 1. The van der Waals surface area contributed by atoms with Gasteiger partial charge in [-0.05, 0) is 62.2 Å². The second-order valence-corrected chi connectivity index (χ2v) is 8.95. The topological polar surface area (TPSA) is 102 Å². The van der Waals surface area contributed by atoms with Crippen molar-refractivity contribution in [2.75, 3.05) is 33.3 Å². The summed E-state index contributed by atoms with van der Waals surface area (Å²) in [5.41, 5.74) is 8.62. The van der Waals surface area contributed by atoms with E-state index in [0.717, 1.165) is 49.2 Å². The van der Waals surface area contributed by atoms with Crippen LogP contribution >= 0.6 is 0 Å². The molecule has 1 atom stereocenters. The highest BCUT2D eigenvalue weighted by Crippen LogP contribution is 2.25. The van der Waals surface area contributed by atoms with Crippen LogP contribution in [0.3, 0.4) is 0 Å². The van der Waals surface area contributed by atoms with E-state index in [0.29, 0.717) is 30.9 Å². The number of ether oxygens (including phenoxy) is 1. The van der Waals surface area contributed by atoms with Crippen molar-refractivity contribution in [1.29, 1.82) is 0 Å². The Labute approximate surface area is 206 Å². The van der Waals surface area contributed by atoms with Gasteiger partial charge in [0, 0.05) is 24.8 Å². The van der Waals surface area contributed by atoms with Crippen LogP contribution < -0.4 is 15.8 Å². The lowest BCUT2D eigenvalue weighted by molar-refractivity contribution is -0.123. The zero-order chi connectivity index (χ0) is 24.6. The molecular formula is C27H33N5O3. The van der Waals surface area contributed by atoms with Gasteiger partial charge >= 0.3 is 0 Å². The zero-order valence-corrected chi connectivity index (χ0v) is 20.2. The summed E-state index contributed by atoms with van der Waals surface area (Å²) in [5, 5.41) is 7.79. The van der Waals surface area contributed by atoms with Crippen molar-refractivity contribution in [3.63, 3.8) is 0 Å². The molecule has 0 radical (unpaired) electrons. The number of nitrogens with two attached hydrogens (primary N) is 1. The number of hydrogen-bond acceptors (Lipinski definition) is 5. The summed E-state index contributed by atoms with van der Waals surface area (Å²) < 4.78 is 7.07. The number of aromatic nitrogens is 2. The highest BCUT2D eigenvalue weighted by molar-refractivity contribution is 5.99. The smallest absolute Gasteiger partial charge is 0.255 e. The van der Waals surface area contributed by atoms with Gasteiger partial charge in [0.15, 0.2) is 0 Å². The van der Waals surface area contributed by atoms with Crippen molar-refractivity contribution in [3.8, 4) is 17.0 Å². The first-order valence-electron chi connectivity index (χ1n) is 12.1. The molecule has 0 bridgehead atoms. The van der Waals surface area contributed by atoms with E-state index in [1.54, 1.807) is 7.11 Å². The van der Waals surface area contributed by atoms with Crippen molar-refractivity contribution in [3.05, 3.63) is 71.9 Å². The highest BCUT2D eigenvalue weighted by atomic mass is 16.5. The standard InChI is InChI=1S/C27H33N5O3/c1-35-23-12-10-21(11-13-23)25-24(19-32(30-25)17-20-7-3-2-4-8-20)27(34)29-14-6-16-31-15-5-9-22(18-31)26(28)33/h2-4,7-8,10-13,19,22H,5-6,9,14-18H2,1H3,(H2,28,33)(H,29,34). The number of carbonyl (C=O) groups is 2. The number of likely N-dealkylation sites (tertiary alicyclic amines) is 1. The average Bonchev–Trinajstić information content (AvgIpc) is 3.31. The van der Waals surface area contributed by atoms with Crippen LogP contribution in [0.15, 0.2) is 60.8 Å².